The number of amides is 2. The van der Waals surface area contributed by atoms with Crippen LogP contribution in [0.4, 0.5) is 5.69 Å². The van der Waals surface area contributed by atoms with Crippen LogP contribution < -0.4 is 9.62 Å². The first-order valence-corrected chi connectivity index (χ1v) is 14.6. The summed E-state index contributed by atoms with van der Waals surface area (Å²) in [5.74, 6) is -0.694. The lowest BCUT2D eigenvalue weighted by Crippen LogP contribution is -2.53. The van der Waals surface area contributed by atoms with Gasteiger partial charge in [0.25, 0.3) is 0 Å². The van der Waals surface area contributed by atoms with Crippen LogP contribution in [-0.2, 0) is 26.2 Å². The van der Waals surface area contributed by atoms with Gasteiger partial charge in [-0.2, -0.15) is 0 Å². The maximum absolute atomic E-state index is 13.7. The quantitative estimate of drug-likeness (QED) is 0.511. The van der Waals surface area contributed by atoms with Gasteiger partial charge in [0.05, 0.1) is 11.9 Å². The van der Waals surface area contributed by atoms with E-state index in [0.29, 0.717) is 16.3 Å². The molecule has 3 rings (SSSR count). The standard InChI is InChI=1S/C27H36ClN3O4S/c1-19-9-8-10-22(15-19)17-30(21(3)27(33)29-24-11-6-5-7-12-24)26(32)18-31(36(4,34)35)25-16-23(28)14-13-20(25)2/h8-10,13-16,21,24H,5-7,11-12,17-18H2,1-4H3,(H,29,33)/t21-/m0/s1. The number of carbonyl (C=O) groups excluding carboxylic acids is 2. The Hall–Kier alpha value is -2.58. The predicted octanol–water partition coefficient (Wildman–Crippen LogP) is 4.59. The van der Waals surface area contributed by atoms with E-state index in [-0.39, 0.29) is 18.5 Å². The van der Waals surface area contributed by atoms with Crippen molar-refractivity contribution in [1.29, 1.82) is 0 Å². The lowest BCUT2D eigenvalue weighted by atomic mass is 9.95. The second kappa shape index (κ2) is 12.1. The van der Waals surface area contributed by atoms with E-state index in [4.69, 9.17) is 11.6 Å². The van der Waals surface area contributed by atoms with Gasteiger partial charge in [0.1, 0.15) is 12.6 Å². The molecule has 9 heteroatoms. The molecule has 0 spiro atoms. The molecule has 0 bridgehead atoms. The molecule has 7 nitrogen and oxygen atoms in total. The molecule has 2 aromatic rings. The van der Waals surface area contributed by atoms with E-state index < -0.39 is 28.5 Å². The number of rotatable bonds is 9. The summed E-state index contributed by atoms with van der Waals surface area (Å²) in [4.78, 5) is 28.4. The average molecular weight is 534 g/mol. The van der Waals surface area contributed by atoms with Crippen molar-refractivity contribution in [3.63, 3.8) is 0 Å². The molecular formula is C27H36ClN3O4S. The maximum atomic E-state index is 13.7. The molecule has 36 heavy (non-hydrogen) atoms. The van der Waals surface area contributed by atoms with E-state index in [9.17, 15) is 18.0 Å². The number of sulfonamides is 1. The molecule has 2 aromatic carbocycles. The van der Waals surface area contributed by atoms with Crippen LogP contribution in [-0.4, -0.2) is 50.0 Å². The second-order valence-corrected chi connectivity index (χ2v) is 12.1. The number of nitrogens with one attached hydrogen (secondary N) is 1. The van der Waals surface area contributed by atoms with Crippen LogP contribution in [0, 0.1) is 13.8 Å². The number of hydrogen-bond acceptors (Lipinski definition) is 4. The van der Waals surface area contributed by atoms with Crippen molar-refractivity contribution in [2.24, 2.45) is 0 Å². The van der Waals surface area contributed by atoms with Gasteiger partial charge in [0, 0.05) is 17.6 Å². The van der Waals surface area contributed by atoms with Crippen molar-refractivity contribution >= 4 is 39.1 Å². The van der Waals surface area contributed by atoms with Gasteiger partial charge in [-0.1, -0.05) is 66.8 Å². The van der Waals surface area contributed by atoms with E-state index in [1.165, 1.54) is 17.4 Å². The predicted molar refractivity (Wildman–Crippen MR) is 145 cm³/mol. The molecule has 1 aliphatic rings. The Morgan fingerprint density at radius 2 is 1.78 bits per heavy atom. The van der Waals surface area contributed by atoms with Crippen LogP contribution in [0.5, 0.6) is 0 Å². The molecule has 0 heterocycles. The maximum Gasteiger partial charge on any atom is 0.244 e. The van der Waals surface area contributed by atoms with Crippen molar-refractivity contribution in [2.75, 3.05) is 17.1 Å². The van der Waals surface area contributed by atoms with Crippen molar-refractivity contribution in [3.8, 4) is 0 Å². The van der Waals surface area contributed by atoms with Crippen molar-refractivity contribution < 1.29 is 18.0 Å². The van der Waals surface area contributed by atoms with Crippen LogP contribution in [0.1, 0.15) is 55.7 Å². The number of carbonyl (C=O) groups is 2. The van der Waals surface area contributed by atoms with E-state index in [1.807, 2.05) is 31.2 Å². The zero-order valence-electron chi connectivity index (χ0n) is 21.5. The van der Waals surface area contributed by atoms with Crippen molar-refractivity contribution in [2.45, 2.75) is 71.5 Å². The van der Waals surface area contributed by atoms with Gasteiger partial charge >= 0.3 is 0 Å². The highest BCUT2D eigenvalue weighted by Gasteiger charge is 2.31. The van der Waals surface area contributed by atoms with Crippen LogP contribution in [0.3, 0.4) is 0 Å². The minimum Gasteiger partial charge on any atom is -0.352 e. The van der Waals surface area contributed by atoms with Gasteiger partial charge in [-0.15, -0.1) is 0 Å². The Morgan fingerprint density at radius 1 is 1.08 bits per heavy atom. The summed E-state index contributed by atoms with van der Waals surface area (Å²) >= 11 is 6.15. The summed E-state index contributed by atoms with van der Waals surface area (Å²) < 4.78 is 26.6. The fourth-order valence-electron chi connectivity index (χ4n) is 4.60. The Bertz CT molecular complexity index is 1200. The number of halogens is 1. The Morgan fingerprint density at radius 3 is 2.42 bits per heavy atom. The summed E-state index contributed by atoms with van der Waals surface area (Å²) in [6.45, 7) is 5.17. The fourth-order valence-corrected chi connectivity index (χ4v) is 5.67. The fraction of sp³-hybridized carbons (Fsp3) is 0.481. The van der Waals surface area contributed by atoms with Crippen molar-refractivity contribution in [1.82, 2.24) is 10.2 Å². The van der Waals surface area contributed by atoms with Gasteiger partial charge in [-0.3, -0.25) is 13.9 Å². The zero-order chi connectivity index (χ0) is 26.5. The van der Waals surface area contributed by atoms with Gasteiger partial charge < -0.3 is 10.2 Å². The van der Waals surface area contributed by atoms with Crippen LogP contribution in [0.15, 0.2) is 42.5 Å². The highest BCUT2D eigenvalue weighted by molar-refractivity contribution is 7.92. The first-order chi connectivity index (χ1) is 17.0. The molecule has 0 aliphatic heterocycles. The summed E-state index contributed by atoms with van der Waals surface area (Å²) in [5, 5.41) is 3.47. The second-order valence-electron chi connectivity index (χ2n) is 9.73. The minimum absolute atomic E-state index is 0.103. The summed E-state index contributed by atoms with van der Waals surface area (Å²) in [6.07, 6.45) is 6.25. The molecule has 1 fully saturated rings. The first kappa shape index (κ1) is 28.0. The highest BCUT2D eigenvalue weighted by atomic mass is 35.5. The van der Waals surface area contributed by atoms with Crippen LogP contribution >= 0.6 is 11.6 Å². The summed E-state index contributed by atoms with van der Waals surface area (Å²) in [7, 11) is -3.81. The molecule has 0 unspecified atom stereocenters. The van der Waals surface area contributed by atoms with E-state index in [0.717, 1.165) is 47.4 Å². The Labute approximate surface area is 219 Å². The van der Waals surface area contributed by atoms with Gasteiger partial charge in [0.15, 0.2) is 0 Å². The van der Waals surface area contributed by atoms with Gasteiger partial charge in [-0.05, 0) is 56.9 Å². The molecule has 1 atom stereocenters. The lowest BCUT2D eigenvalue weighted by molar-refractivity contribution is -0.139. The monoisotopic (exact) mass is 533 g/mol. The van der Waals surface area contributed by atoms with Gasteiger partial charge in [-0.25, -0.2) is 8.42 Å². The number of nitrogens with zero attached hydrogens (tertiary/aromatic N) is 2. The third-order valence-corrected chi connectivity index (χ3v) is 8.03. The molecule has 0 saturated heterocycles. The SMILES string of the molecule is Cc1cccc(CN(C(=O)CN(c2cc(Cl)ccc2C)S(C)(=O)=O)[C@@H](C)C(=O)NC2CCCCC2)c1. The topological polar surface area (TPSA) is 86.8 Å². The lowest BCUT2D eigenvalue weighted by Gasteiger charge is -2.33. The molecule has 1 saturated carbocycles. The first-order valence-electron chi connectivity index (χ1n) is 12.3. The molecule has 1 N–H and O–H groups in total. The third-order valence-electron chi connectivity index (χ3n) is 6.67. The molecule has 196 valence electrons. The molecule has 0 aromatic heterocycles. The number of hydrogen-bond donors (Lipinski definition) is 1. The largest absolute Gasteiger partial charge is 0.352 e. The molecular weight excluding hydrogens is 498 g/mol. The zero-order valence-corrected chi connectivity index (χ0v) is 23.0. The molecule has 0 radical (unpaired) electrons. The van der Waals surface area contributed by atoms with Gasteiger partial charge in [0.2, 0.25) is 21.8 Å². The van der Waals surface area contributed by atoms with Crippen LogP contribution in [0.25, 0.3) is 0 Å². The highest BCUT2D eigenvalue weighted by Crippen LogP contribution is 2.27. The number of anilines is 1. The van der Waals surface area contributed by atoms with Crippen molar-refractivity contribution in [3.05, 3.63) is 64.2 Å². The molecule has 2 amide bonds. The third kappa shape index (κ3) is 7.46. The Kier molecular flexibility index (Phi) is 9.41. The van der Waals surface area contributed by atoms with E-state index in [2.05, 4.69) is 5.32 Å². The number of benzene rings is 2. The molecule has 1 aliphatic carbocycles. The summed E-state index contributed by atoms with van der Waals surface area (Å²) in [6, 6.07) is 12.0. The normalized spacial score (nSPS) is 15.2. The van der Waals surface area contributed by atoms with E-state index >= 15 is 0 Å². The van der Waals surface area contributed by atoms with E-state index in [1.54, 1.807) is 26.0 Å². The average Bonchev–Trinajstić information content (AvgIpc) is 2.82. The van der Waals surface area contributed by atoms with Crippen LogP contribution in [0.2, 0.25) is 5.02 Å². The minimum atomic E-state index is -3.81. The smallest absolute Gasteiger partial charge is 0.244 e. The summed E-state index contributed by atoms with van der Waals surface area (Å²) in [5.41, 5.74) is 2.91. The number of aryl methyl sites for hydroxylation is 2. The Balaban J connectivity index is 1.90.